The number of anilines is 2. The summed E-state index contributed by atoms with van der Waals surface area (Å²) < 4.78 is 6.51. The average molecular weight is 700 g/mol. The number of benzene rings is 4. The number of carbonyl (C=O) groups is 2. The molecule has 1 saturated heterocycles. The number of phenolic OH excluding ortho intramolecular Hbond substituents is 1. The van der Waals surface area contributed by atoms with Gasteiger partial charge in [0, 0.05) is 38.2 Å². The van der Waals surface area contributed by atoms with Crippen LogP contribution in [0.5, 0.6) is 5.75 Å². The van der Waals surface area contributed by atoms with Crippen LogP contribution in [0, 0.1) is 0 Å². The molecule has 0 unspecified atom stereocenters. The van der Waals surface area contributed by atoms with Crippen molar-refractivity contribution in [2.75, 3.05) is 36.8 Å². The van der Waals surface area contributed by atoms with Crippen LogP contribution in [0.2, 0.25) is 5.02 Å². The van der Waals surface area contributed by atoms with Gasteiger partial charge in [-0.3, -0.25) is 14.9 Å². The van der Waals surface area contributed by atoms with E-state index in [1.165, 1.54) is 0 Å². The zero-order chi connectivity index (χ0) is 34.2. The van der Waals surface area contributed by atoms with E-state index in [1.54, 1.807) is 6.07 Å². The van der Waals surface area contributed by atoms with Gasteiger partial charge in [0.15, 0.2) is 0 Å². The van der Waals surface area contributed by atoms with Crippen LogP contribution >= 0.6 is 22.9 Å². The molecule has 1 fully saturated rings. The minimum absolute atomic E-state index is 0.0716. The molecule has 0 radical (unpaired) electrons. The SMILES string of the molecule is O=C(CCN1CCC(OC(=O)Nc2ccccc2-c2ccccc2)CC1)Nc1ccc(CNCCc2ccc(O)c3[nH]c(=O)sc23)cc1Cl. The van der Waals surface area contributed by atoms with Crippen molar-refractivity contribution in [2.24, 2.45) is 0 Å². The predicted molar refractivity (Wildman–Crippen MR) is 196 cm³/mol. The lowest BCUT2D eigenvalue weighted by molar-refractivity contribution is -0.116. The number of amides is 2. The summed E-state index contributed by atoms with van der Waals surface area (Å²) in [5, 5.41) is 19.7. The number of carbonyl (C=O) groups excluding carboxylic acids is 2. The molecular weight excluding hydrogens is 662 g/mol. The number of aromatic amines is 1. The number of aromatic hydroxyl groups is 1. The molecular formula is C37H38ClN5O5S. The summed E-state index contributed by atoms with van der Waals surface area (Å²) in [6.45, 7) is 3.32. The summed E-state index contributed by atoms with van der Waals surface area (Å²) in [5.74, 6) is -0.0443. The van der Waals surface area contributed by atoms with Crippen molar-refractivity contribution < 1.29 is 19.4 Å². The Kier molecular flexibility index (Phi) is 11.3. The van der Waals surface area contributed by atoms with E-state index in [0.29, 0.717) is 67.2 Å². The number of nitrogens with one attached hydrogen (secondary N) is 4. The Labute approximate surface area is 293 Å². The van der Waals surface area contributed by atoms with Crippen molar-refractivity contribution >= 4 is 56.5 Å². The van der Waals surface area contributed by atoms with Crippen LogP contribution < -0.4 is 20.8 Å². The van der Waals surface area contributed by atoms with Gasteiger partial charge in [-0.05, 0) is 66.8 Å². The Morgan fingerprint density at radius 2 is 1.73 bits per heavy atom. The number of piperidine rings is 1. The van der Waals surface area contributed by atoms with E-state index >= 15 is 0 Å². The first-order valence-corrected chi connectivity index (χ1v) is 17.5. The Morgan fingerprint density at radius 3 is 2.53 bits per heavy atom. The fourth-order valence-corrected chi connectivity index (χ4v) is 7.12. The van der Waals surface area contributed by atoms with E-state index in [2.05, 4.69) is 25.8 Å². The summed E-state index contributed by atoms with van der Waals surface area (Å²) in [5.41, 5.74) is 5.66. The third kappa shape index (κ3) is 9.07. The molecule has 12 heteroatoms. The van der Waals surface area contributed by atoms with E-state index in [-0.39, 0.29) is 22.6 Å². The number of hydrogen-bond donors (Lipinski definition) is 5. The first kappa shape index (κ1) is 34.2. The highest BCUT2D eigenvalue weighted by Crippen LogP contribution is 2.29. The van der Waals surface area contributed by atoms with Gasteiger partial charge in [0.05, 0.1) is 21.1 Å². The summed E-state index contributed by atoms with van der Waals surface area (Å²) in [6, 6.07) is 26.6. The van der Waals surface area contributed by atoms with Crippen molar-refractivity contribution in [3.63, 3.8) is 0 Å². The number of ether oxygens (including phenoxy) is 1. The molecule has 6 rings (SSSR count). The Bertz CT molecular complexity index is 1970. The highest BCUT2D eigenvalue weighted by atomic mass is 35.5. The maximum atomic E-state index is 12.7. The molecule has 10 nitrogen and oxygen atoms in total. The molecule has 0 spiro atoms. The summed E-state index contributed by atoms with van der Waals surface area (Å²) in [6.07, 6.45) is 1.76. The lowest BCUT2D eigenvalue weighted by Gasteiger charge is -2.31. The van der Waals surface area contributed by atoms with Crippen LogP contribution in [-0.4, -0.2) is 59.3 Å². The van der Waals surface area contributed by atoms with Crippen molar-refractivity contribution in [3.8, 4) is 16.9 Å². The number of phenols is 1. The molecule has 5 N–H and O–H groups in total. The number of fused-ring (bicyclic) bond motifs is 1. The average Bonchev–Trinajstić information content (AvgIpc) is 3.51. The standard InChI is InChI=1S/C37H38ClN5O5S/c38-29-22-24(23-39-18-14-26-11-13-32(44)34-35(26)49-37(47)42-34)10-12-31(29)40-33(45)17-21-43-19-15-27(16-20-43)48-36(46)41-30-9-5-4-8-28(30)25-6-2-1-3-7-25/h1-13,22,27,39,44H,14-21,23H2,(H,40,45)(H,41,46)(H,42,47). The highest BCUT2D eigenvalue weighted by Gasteiger charge is 2.23. The van der Waals surface area contributed by atoms with Crippen molar-refractivity contribution in [2.45, 2.75) is 38.3 Å². The maximum Gasteiger partial charge on any atom is 0.411 e. The number of rotatable bonds is 12. The van der Waals surface area contributed by atoms with Crippen LogP contribution in [-0.2, 0) is 22.5 Å². The number of hydrogen-bond acceptors (Lipinski definition) is 8. The van der Waals surface area contributed by atoms with E-state index < -0.39 is 6.09 Å². The van der Waals surface area contributed by atoms with Crippen molar-refractivity contribution in [1.82, 2.24) is 15.2 Å². The van der Waals surface area contributed by atoms with Gasteiger partial charge >= 0.3 is 11.0 Å². The van der Waals surface area contributed by atoms with Crippen LogP contribution in [0.4, 0.5) is 16.2 Å². The third-order valence-corrected chi connectivity index (χ3v) is 9.83. The van der Waals surface area contributed by atoms with E-state index in [1.807, 2.05) is 78.9 Å². The van der Waals surface area contributed by atoms with Gasteiger partial charge in [-0.1, -0.05) is 83.6 Å². The third-order valence-electron chi connectivity index (χ3n) is 8.56. The molecule has 4 aromatic carbocycles. The fraction of sp³-hybridized carbons (Fsp3) is 0.270. The molecule has 1 aliphatic rings. The number of likely N-dealkylation sites (tertiary alicyclic amines) is 1. The first-order valence-electron chi connectivity index (χ1n) is 16.3. The smallest absolute Gasteiger partial charge is 0.411 e. The molecule has 0 aliphatic carbocycles. The summed E-state index contributed by atoms with van der Waals surface area (Å²) in [4.78, 5) is 41.9. The molecule has 2 amide bonds. The van der Waals surface area contributed by atoms with E-state index in [0.717, 1.165) is 51.4 Å². The molecule has 254 valence electrons. The lowest BCUT2D eigenvalue weighted by atomic mass is 10.0. The number of para-hydroxylation sites is 1. The number of nitrogens with zero attached hydrogens (tertiary/aromatic N) is 1. The number of aromatic nitrogens is 1. The topological polar surface area (TPSA) is 136 Å². The second-order valence-corrected chi connectivity index (χ2v) is 13.4. The van der Waals surface area contributed by atoms with Gasteiger partial charge in [0.2, 0.25) is 5.91 Å². The van der Waals surface area contributed by atoms with Crippen molar-refractivity contribution in [1.29, 1.82) is 0 Å². The molecule has 1 aliphatic heterocycles. The minimum atomic E-state index is -0.465. The maximum absolute atomic E-state index is 12.7. The Balaban J connectivity index is 0.891. The number of halogens is 1. The van der Waals surface area contributed by atoms with Gasteiger partial charge in [-0.25, -0.2) is 4.79 Å². The number of thiazole rings is 1. The molecule has 0 bridgehead atoms. The zero-order valence-corrected chi connectivity index (χ0v) is 28.4. The molecule has 5 aromatic rings. The number of H-pyrrole nitrogens is 1. The van der Waals surface area contributed by atoms with Crippen molar-refractivity contribution in [3.05, 3.63) is 111 Å². The summed E-state index contributed by atoms with van der Waals surface area (Å²) in [7, 11) is 0. The Morgan fingerprint density at radius 1 is 0.959 bits per heavy atom. The predicted octanol–water partition coefficient (Wildman–Crippen LogP) is 6.99. The van der Waals surface area contributed by atoms with Gasteiger partial charge in [-0.15, -0.1) is 0 Å². The Hall–Kier alpha value is -4.68. The minimum Gasteiger partial charge on any atom is -0.506 e. The summed E-state index contributed by atoms with van der Waals surface area (Å²) >= 11 is 7.60. The van der Waals surface area contributed by atoms with Crippen LogP contribution in [0.25, 0.3) is 21.3 Å². The molecule has 0 atom stereocenters. The van der Waals surface area contributed by atoms with Gasteiger partial charge in [0.25, 0.3) is 0 Å². The molecule has 2 heterocycles. The second-order valence-electron chi connectivity index (χ2n) is 12.0. The molecule has 49 heavy (non-hydrogen) atoms. The normalized spacial score (nSPS) is 13.7. The van der Waals surface area contributed by atoms with E-state index in [9.17, 15) is 19.5 Å². The van der Waals surface area contributed by atoms with Gasteiger partial charge < -0.3 is 30.4 Å². The lowest BCUT2D eigenvalue weighted by Crippen LogP contribution is -2.39. The molecule has 0 saturated carbocycles. The zero-order valence-electron chi connectivity index (χ0n) is 26.8. The van der Waals surface area contributed by atoms with Crippen LogP contribution in [0.1, 0.15) is 30.4 Å². The van der Waals surface area contributed by atoms with Crippen LogP contribution in [0.3, 0.4) is 0 Å². The fourth-order valence-electron chi connectivity index (χ4n) is 5.97. The van der Waals surface area contributed by atoms with E-state index in [4.69, 9.17) is 16.3 Å². The van der Waals surface area contributed by atoms with Gasteiger partial charge in [-0.2, -0.15) is 0 Å². The highest BCUT2D eigenvalue weighted by molar-refractivity contribution is 7.16. The monoisotopic (exact) mass is 699 g/mol. The quantitative estimate of drug-likeness (QED) is 0.0886. The first-order chi connectivity index (χ1) is 23.8. The van der Waals surface area contributed by atoms with Gasteiger partial charge in [0.1, 0.15) is 17.4 Å². The second kappa shape index (κ2) is 16.1. The molecule has 1 aromatic heterocycles. The van der Waals surface area contributed by atoms with Crippen LogP contribution in [0.15, 0.2) is 89.7 Å². The largest absolute Gasteiger partial charge is 0.506 e.